The average Bonchev–Trinajstić information content (AvgIpc) is 2.83. The Balaban J connectivity index is 1.79. The van der Waals surface area contributed by atoms with Crippen LogP contribution in [0.5, 0.6) is 11.5 Å². The van der Waals surface area contributed by atoms with Crippen molar-refractivity contribution in [1.82, 2.24) is 5.43 Å². The van der Waals surface area contributed by atoms with Crippen LogP contribution in [0.3, 0.4) is 0 Å². The molecule has 3 aromatic carbocycles. The van der Waals surface area contributed by atoms with Crippen molar-refractivity contribution in [2.75, 3.05) is 25.1 Å². The first-order chi connectivity index (χ1) is 15.8. The van der Waals surface area contributed by atoms with E-state index < -0.39 is 22.5 Å². The van der Waals surface area contributed by atoms with Gasteiger partial charge in [0, 0.05) is 4.47 Å². The van der Waals surface area contributed by atoms with Gasteiger partial charge < -0.3 is 9.47 Å². The summed E-state index contributed by atoms with van der Waals surface area (Å²) in [6.07, 6.45) is 1.43. The Morgan fingerprint density at radius 1 is 1.00 bits per heavy atom. The molecule has 0 spiro atoms. The molecule has 0 aliphatic rings. The van der Waals surface area contributed by atoms with Crippen molar-refractivity contribution in [3.05, 3.63) is 82.8 Å². The van der Waals surface area contributed by atoms with Gasteiger partial charge in [-0.25, -0.2) is 13.8 Å². The lowest BCUT2D eigenvalue weighted by Gasteiger charge is -2.23. The number of halogens is 1. The summed E-state index contributed by atoms with van der Waals surface area (Å²) in [6.45, 7) is -0.456. The lowest BCUT2D eigenvalue weighted by molar-refractivity contribution is -0.119. The van der Waals surface area contributed by atoms with Crippen molar-refractivity contribution in [1.29, 1.82) is 0 Å². The summed E-state index contributed by atoms with van der Waals surface area (Å²) in [5, 5.41) is 3.94. The third kappa shape index (κ3) is 6.11. The van der Waals surface area contributed by atoms with E-state index in [0.29, 0.717) is 22.7 Å². The topological polar surface area (TPSA) is 97.3 Å². The van der Waals surface area contributed by atoms with Gasteiger partial charge in [-0.2, -0.15) is 5.10 Å². The number of amides is 1. The van der Waals surface area contributed by atoms with Crippen molar-refractivity contribution in [2.45, 2.75) is 4.90 Å². The number of carbonyl (C=O) groups excluding carboxylic acids is 1. The fourth-order valence-electron chi connectivity index (χ4n) is 2.92. The number of sulfonamides is 1. The van der Waals surface area contributed by atoms with Gasteiger partial charge in [-0.05, 0) is 60.2 Å². The zero-order valence-electron chi connectivity index (χ0n) is 17.9. The van der Waals surface area contributed by atoms with Gasteiger partial charge in [-0.3, -0.25) is 9.10 Å². The predicted octanol–water partition coefficient (Wildman–Crippen LogP) is 3.81. The van der Waals surface area contributed by atoms with E-state index in [9.17, 15) is 13.2 Å². The molecule has 0 unspecified atom stereocenters. The first kappa shape index (κ1) is 24.3. The van der Waals surface area contributed by atoms with Crippen LogP contribution in [0.1, 0.15) is 5.56 Å². The SMILES string of the molecule is COc1ccc(/C=N\NC(=O)CN(c2ccc(Br)cc2)S(=O)(=O)c2ccccc2)cc1OC. The number of hydrogen-bond donors (Lipinski definition) is 1. The van der Waals surface area contributed by atoms with Crippen LogP contribution in [0.15, 0.2) is 87.3 Å². The van der Waals surface area contributed by atoms with Crippen molar-refractivity contribution >= 4 is 43.8 Å². The molecule has 0 saturated carbocycles. The van der Waals surface area contributed by atoms with Crippen LogP contribution in [0.2, 0.25) is 0 Å². The number of methoxy groups -OCH3 is 2. The number of nitrogens with one attached hydrogen (secondary N) is 1. The molecule has 0 aromatic heterocycles. The highest BCUT2D eigenvalue weighted by molar-refractivity contribution is 9.10. The molecule has 0 aliphatic heterocycles. The second kappa shape index (κ2) is 11.0. The molecule has 0 heterocycles. The maximum absolute atomic E-state index is 13.2. The van der Waals surface area contributed by atoms with Gasteiger partial charge in [0.25, 0.3) is 15.9 Å². The molecule has 0 atom stereocenters. The van der Waals surface area contributed by atoms with Crippen molar-refractivity contribution < 1.29 is 22.7 Å². The van der Waals surface area contributed by atoms with Crippen LogP contribution in [0, 0.1) is 0 Å². The fraction of sp³-hybridized carbons (Fsp3) is 0.130. The molecule has 8 nitrogen and oxygen atoms in total. The number of hydrazone groups is 1. The summed E-state index contributed by atoms with van der Waals surface area (Å²) in [7, 11) is -0.929. The second-order valence-corrected chi connectivity index (χ2v) is 9.49. The average molecular weight is 532 g/mol. The largest absolute Gasteiger partial charge is 0.493 e. The highest BCUT2D eigenvalue weighted by atomic mass is 79.9. The third-order valence-electron chi connectivity index (χ3n) is 4.54. The van der Waals surface area contributed by atoms with E-state index in [4.69, 9.17) is 9.47 Å². The van der Waals surface area contributed by atoms with Gasteiger partial charge in [0.15, 0.2) is 11.5 Å². The van der Waals surface area contributed by atoms with Gasteiger partial charge in [0.1, 0.15) is 6.54 Å². The number of rotatable bonds is 9. The van der Waals surface area contributed by atoms with Crippen LogP contribution in [0.4, 0.5) is 5.69 Å². The van der Waals surface area contributed by atoms with E-state index in [-0.39, 0.29) is 4.90 Å². The van der Waals surface area contributed by atoms with Gasteiger partial charge in [0.05, 0.1) is 31.0 Å². The number of anilines is 1. The van der Waals surface area contributed by atoms with Crippen molar-refractivity contribution in [2.24, 2.45) is 5.10 Å². The van der Waals surface area contributed by atoms with Crippen LogP contribution >= 0.6 is 15.9 Å². The number of hydrogen-bond acceptors (Lipinski definition) is 6. The van der Waals surface area contributed by atoms with Crippen molar-refractivity contribution in [3.8, 4) is 11.5 Å². The van der Waals surface area contributed by atoms with Crippen molar-refractivity contribution in [3.63, 3.8) is 0 Å². The minimum Gasteiger partial charge on any atom is -0.493 e. The molecule has 33 heavy (non-hydrogen) atoms. The first-order valence-corrected chi connectivity index (χ1v) is 12.0. The molecule has 0 fully saturated rings. The Hall–Kier alpha value is -3.37. The minimum atomic E-state index is -3.98. The smallest absolute Gasteiger partial charge is 0.264 e. The molecule has 0 bridgehead atoms. The Morgan fingerprint density at radius 3 is 2.30 bits per heavy atom. The summed E-state index contributed by atoms with van der Waals surface area (Å²) in [5.74, 6) is 0.479. The van der Waals surface area contributed by atoms with E-state index in [1.165, 1.54) is 32.6 Å². The molecule has 3 rings (SSSR count). The quantitative estimate of drug-likeness (QED) is 0.334. The normalized spacial score (nSPS) is 11.2. The van der Waals surface area contributed by atoms with Gasteiger partial charge in [-0.1, -0.05) is 34.1 Å². The number of benzene rings is 3. The number of nitrogens with zero attached hydrogens (tertiary/aromatic N) is 2. The van der Waals surface area contributed by atoms with Gasteiger partial charge in [0.2, 0.25) is 0 Å². The monoisotopic (exact) mass is 531 g/mol. The van der Waals surface area contributed by atoms with Crippen LogP contribution < -0.4 is 19.2 Å². The molecular weight excluding hydrogens is 510 g/mol. The van der Waals surface area contributed by atoms with Gasteiger partial charge in [-0.15, -0.1) is 0 Å². The minimum absolute atomic E-state index is 0.0783. The molecular formula is C23H22BrN3O5S. The number of carbonyl (C=O) groups is 1. The summed E-state index contributed by atoms with van der Waals surface area (Å²) in [4.78, 5) is 12.7. The van der Waals surface area contributed by atoms with Gasteiger partial charge >= 0.3 is 0 Å². The van der Waals surface area contributed by atoms with E-state index in [2.05, 4.69) is 26.5 Å². The standard InChI is InChI=1S/C23H22BrN3O5S/c1-31-21-13-8-17(14-22(21)32-2)15-25-26-23(28)16-27(19-11-9-18(24)10-12-19)33(29,30)20-6-4-3-5-7-20/h3-15H,16H2,1-2H3,(H,26,28)/b25-15-. The second-order valence-electron chi connectivity index (χ2n) is 6.71. The third-order valence-corrected chi connectivity index (χ3v) is 6.86. The maximum Gasteiger partial charge on any atom is 0.264 e. The summed E-state index contributed by atoms with van der Waals surface area (Å²) < 4.78 is 38.8. The van der Waals surface area contributed by atoms with Crippen LogP contribution in [0.25, 0.3) is 0 Å². The molecule has 0 saturated heterocycles. The molecule has 0 radical (unpaired) electrons. The Morgan fingerprint density at radius 2 is 1.67 bits per heavy atom. The summed E-state index contributed by atoms with van der Waals surface area (Å²) in [5.41, 5.74) is 3.39. The van der Waals surface area contributed by atoms with E-state index >= 15 is 0 Å². The lowest BCUT2D eigenvalue weighted by atomic mass is 10.2. The molecule has 0 aliphatic carbocycles. The molecule has 172 valence electrons. The highest BCUT2D eigenvalue weighted by Gasteiger charge is 2.27. The predicted molar refractivity (Wildman–Crippen MR) is 130 cm³/mol. The fourth-order valence-corrected chi connectivity index (χ4v) is 4.63. The highest BCUT2D eigenvalue weighted by Crippen LogP contribution is 2.27. The maximum atomic E-state index is 13.2. The Bertz CT molecular complexity index is 1230. The molecule has 1 N–H and O–H groups in total. The summed E-state index contributed by atoms with van der Waals surface area (Å²) >= 11 is 3.33. The van der Waals surface area contributed by atoms with E-state index in [1.807, 2.05) is 0 Å². The van der Waals surface area contributed by atoms with Crippen LogP contribution in [-0.2, 0) is 14.8 Å². The molecule has 3 aromatic rings. The molecule has 10 heteroatoms. The zero-order valence-corrected chi connectivity index (χ0v) is 20.3. The van der Waals surface area contributed by atoms with E-state index in [1.54, 1.807) is 60.7 Å². The number of ether oxygens (including phenoxy) is 2. The molecule has 1 amide bonds. The first-order valence-electron chi connectivity index (χ1n) is 9.72. The Kier molecular flexibility index (Phi) is 8.07. The lowest BCUT2D eigenvalue weighted by Crippen LogP contribution is -2.39. The summed E-state index contributed by atoms with van der Waals surface area (Å²) in [6, 6.07) is 19.7. The Labute approximate surface area is 201 Å². The zero-order chi connectivity index (χ0) is 23.8. The van der Waals surface area contributed by atoms with E-state index in [0.717, 1.165) is 8.78 Å². The van der Waals surface area contributed by atoms with Crippen LogP contribution in [-0.4, -0.2) is 41.3 Å².